The fraction of sp³-hybridized carbons (Fsp3) is 0.667. The molecule has 1 aromatic rings. The molecule has 0 unspecified atom stereocenters. The van der Waals surface area contributed by atoms with Gasteiger partial charge in [0.2, 0.25) is 5.91 Å². The molecule has 0 radical (unpaired) electrons. The van der Waals surface area contributed by atoms with E-state index < -0.39 is 18.3 Å². The molecule has 0 bridgehead atoms. The molecule has 152 valence electrons. The highest BCUT2D eigenvalue weighted by molar-refractivity contribution is 6.62. The Morgan fingerprint density at radius 2 is 1.68 bits per heavy atom. The molecule has 5 nitrogen and oxygen atoms in total. The maximum atomic E-state index is 15.4. The number of halogens is 1. The first-order valence-corrected chi connectivity index (χ1v) is 10.2. The summed E-state index contributed by atoms with van der Waals surface area (Å²) in [6.07, 6.45) is 2.43. The summed E-state index contributed by atoms with van der Waals surface area (Å²) < 4.78 is 27.5. The molecule has 3 saturated heterocycles. The lowest BCUT2D eigenvalue weighted by atomic mass is 9.76. The third kappa shape index (κ3) is 3.13. The van der Waals surface area contributed by atoms with Crippen LogP contribution in [-0.4, -0.2) is 55.8 Å². The second kappa shape index (κ2) is 6.46. The second-order valence-corrected chi connectivity index (χ2v) is 9.68. The molecule has 3 aliphatic heterocycles. The fourth-order valence-electron chi connectivity index (χ4n) is 4.59. The molecule has 3 heterocycles. The Kier molecular flexibility index (Phi) is 4.55. The highest BCUT2D eigenvalue weighted by Crippen LogP contribution is 2.42. The van der Waals surface area contributed by atoms with Crippen LogP contribution in [0.1, 0.15) is 47.0 Å². The summed E-state index contributed by atoms with van der Waals surface area (Å²) in [6, 6.07) is 5.45. The monoisotopic (exact) mass is 388 g/mol. The Labute approximate surface area is 167 Å². The standard InChI is InChI=1S/C21H30BFN2O3/c1-19(2)20(3,4)28-22(27-19)15-7-6-8-16(18(15)23)25-11-9-21(10-12-25)13-17(26)24(5)14-21/h6-8H,9-14H2,1-5H3. The smallest absolute Gasteiger partial charge is 0.399 e. The summed E-state index contributed by atoms with van der Waals surface area (Å²) in [6.45, 7) is 10.2. The van der Waals surface area contributed by atoms with Crippen molar-refractivity contribution < 1.29 is 18.5 Å². The Bertz CT molecular complexity index is 774. The number of likely N-dealkylation sites (tertiary alicyclic amines) is 1. The van der Waals surface area contributed by atoms with E-state index in [-0.39, 0.29) is 17.1 Å². The fourth-order valence-corrected chi connectivity index (χ4v) is 4.59. The van der Waals surface area contributed by atoms with Crippen LogP contribution in [0.25, 0.3) is 0 Å². The SMILES string of the molecule is CN1CC2(CCN(c3cccc(B4OC(C)(C)C(C)(C)O4)c3F)CC2)CC1=O. The van der Waals surface area contributed by atoms with Gasteiger partial charge in [0.05, 0.1) is 16.9 Å². The lowest BCUT2D eigenvalue weighted by molar-refractivity contribution is -0.126. The maximum absolute atomic E-state index is 15.4. The van der Waals surface area contributed by atoms with Crippen molar-refractivity contribution in [2.24, 2.45) is 5.41 Å². The molecule has 3 fully saturated rings. The number of piperidine rings is 1. The van der Waals surface area contributed by atoms with E-state index in [0.29, 0.717) is 17.6 Å². The van der Waals surface area contributed by atoms with Gasteiger partial charge < -0.3 is 19.1 Å². The highest BCUT2D eigenvalue weighted by atomic mass is 19.1. The molecule has 0 atom stereocenters. The molecule has 3 aliphatic rings. The average molecular weight is 388 g/mol. The van der Waals surface area contributed by atoms with Gasteiger partial charge in [0.1, 0.15) is 5.82 Å². The third-order valence-electron chi connectivity index (χ3n) is 7.20. The zero-order valence-corrected chi connectivity index (χ0v) is 17.5. The van der Waals surface area contributed by atoms with Crippen molar-refractivity contribution >= 4 is 24.2 Å². The molecule has 1 spiro atoms. The average Bonchev–Trinajstić information content (AvgIpc) is 3.00. The molecule has 7 heteroatoms. The number of nitrogens with zero attached hydrogens (tertiary/aromatic N) is 2. The van der Waals surface area contributed by atoms with Crippen molar-refractivity contribution in [1.29, 1.82) is 0 Å². The van der Waals surface area contributed by atoms with E-state index in [1.807, 2.05) is 51.8 Å². The first kappa shape index (κ1) is 19.7. The van der Waals surface area contributed by atoms with E-state index >= 15 is 4.39 Å². The van der Waals surface area contributed by atoms with E-state index in [1.165, 1.54) is 0 Å². The number of rotatable bonds is 2. The van der Waals surface area contributed by atoms with Gasteiger partial charge in [-0.2, -0.15) is 0 Å². The first-order valence-electron chi connectivity index (χ1n) is 10.2. The lowest BCUT2D eigenvalue weighted by Gasteiger charge is -2.40. The Morgan fingerprint density at radius 3 is 2.21 bits per heavy atom. The molecule has 1 aromatic carbocycles. The van der Waals surface area contributed by atoms with Gasteiger partial charge in [-0.15, -0.1) is 0 Å². The van der Waals surface area contributed by atoms with Crippen LogP contribution in [-0.2, 0) is 14.1 Å². The number of hydrogen-bond donors (Lipinski definition) is 0. The Hall–Kier alpha value is -1.60. The predicted octanol–water partition coefficient (Wildman–Crippen LogP) is 2.57. The van der Waals surface area contributed by atoms with E-state index in [9.17, 15) is 4.79 Å². The van der Waals surface area contributed by atoms with Crippen molar-refractivity contribution in [2.75, 3.05) is 31.6 Å². The highest BCUT2D eigenvalue weighted by Gasteiger charge is 2.52. The number of carbonyl (C=O) groups is 1. The van der Waals surface area contributed by atoms with Crippen molar-refractivity contribution in [3.63, 3.8) is 0 Å². The number of anilines is 1. The summed E-state index contributed by atoms with van der Waals surface area (Å²) in [4.78, 5) is 15.9. The third-order valence-corrected chi connectivity index (χ3v) is 7.20. The van der Waals surface area contributed by atoms with Crippen LogP contribution in [0.4, 0.5) is 10.1 Å². The van der Waals surface area contributed by atoms with E-state index in [2.05, 4.69) is 4.90 Å². The Balaban J connectivity index is 1.52. The molecule has 0 saturated carbocycles. The van der Waals surface area contributed by atoms with Crippen LogP contribution < -0.4 is 10.4 Å². The summed E-state index contributed by atoms with van der Waals surface area (Å²) in [5, 5.41) is 0. The zero-order valence-electron chi connectivity index (χ0n) is 17.5. The van der Waals surface area contributed by atoms with Crippen LogP contribution in [0, 0.1) is 11.2 Å². The number of benzene rings is 1. The van der Waals surface area contributed by atoms with E-state index in [0.717, 1.165) is 32.5 Å². The molecule has 1 amide bonds. The Morgan fingerprint density at radius 1 is 1.07 bits per heavy atom. The molecule has 28 heavy (non-hydrogen) atoms. The van der Waals surface area contributed by atoms with Gasteiger partial charge in [-0.1, -0.05) is 12.1 Å². The minimum atomic E-state index is -0.706. The largest absolute Gasteiger partial charge is 0.497 e. The quantitative estimate of drug-likeness (QED) is 0.731. The van der Waals surface area contributed by atoms with Crippen molar-refractivity contribution in [2.45, 2.75) is 58.2 Å². The maximum Gasteiger partial charge on any atom is 0.497 e. The second-order valence-electron chi connectivity index (χ2n) is 9.68. The van der Waals surface area contributed by atoms with Crippen molar-refractivity contribution in [3.05, 3.63) is 24.0 Å². The number of hydrogen-bond acceptors (Lipinski definition) is 4. The molecule has 0 N–H and O–H groups in total. The number of amides is 1. The van der Waals surface area contributed by atoms with Crippen LogP contribution in [0.15, 0.2) is 18.2 Å². The number of carbonyl (C=O) groups excluding carboxylic acids is 1. The van der Waals surface area contributed by atoms with Gasteiger partial charge >= 0.3 is 7.12 Å². The topological polar surface area (TPSA) is 42.0 Å². The van der Waals surface area contributed by atoms with Gasteiger partial charge in [0.15, 0.2) is 0 Å². The van der Waals surface area contributed by atoms with Crippen LogP contribution in [0.3, 0.4) is 0 Å². The molecular weight excluding hydrogens is 358 g/mol. The van der Waals surface area contributed by atoms with E-state index in [4.69, 9.17) is 9.31 Å². The minimum absolute atomic E-state index is 0.0577. The summed E-state index contributed by atoms with van der Waals surface area (Å²) in [5.74, 6) is -0.0426. The first-order chi connectivity index (χ1) is 13.0. The van der Waals surface area contributed by atoms with Gasteiger partial charge in [-0.3, -0.25) is 4.79 Å². The predicted molar refractivity (Wildman–Crippen MR) is 108 cm³/mol. The van der Waals surface area contributed by atoms with Gasteiger partial charge in [0.25, 0.3) is 0 Å². The summed E-state index contributed by atoms with van der Waals surface area (Å²) in [7, 11) is 1.17. The molecule has 0 aliphatic carbocycles. The zero-order chi connectivity index (χ0) is 20.3. The van der Waals surface area contributed by atoms with Crippen LogP contribution in [0.2, 0.25) is 0 Å². The molecule has 0 aromatic heterocycles. The lowest BCUT2D eigenvalue weighted by Crippen LogP contribution is -2.43. The van der Waals surface area contributed by atoms with Gasteiger partial charge in [-0.05, 0) is 46.6 Å². The van der Waals surface area contributed by atoms with E-state index in [1.54, 1.807) is 6.07 Å². The van der Waals surface area contributed by atoms with Gasteiger partial charge in [0, 0.05) is 44.0 Å². The summed E-state index contributed by atoms with van der Waals surface area (Å²) in [5.41, 5.74) is 0.103. The van der Waals surface area contributed by atoms with Crippen LogP contribution in [0.5, 0.6) is 0 Å². The minimum Gasteiger partial charge on any atom is -0.399 e. The van der Waals surface area contributed by atoms with Crippen molar-refractivity contribution in [3.8, 4) is 0 Å². The normalized spacial score (nSPS) is 25.8. The molecule has 4 rings (SSSR count). The van der Waals surface area contributed by atoms with Crippen LogP contribution >= 0.6 is 0 Å². The summed E-state index contributed by atoms with van der Waals surface area (Å²) >= 11 is 0. The van der Waals surface area contributed by atoms with Crippen molar-refractivity contribution in [1.82, 2.24) is 4.90 Å². The van der Waals surface area contributed by atoms with Gasteiger partial charge in [-0.25, -0.2) is 4.39 Å². The molecular formula is C21H30BFN2O3.